The van der Waals surface area contributed by atoms with Crippen molar-refractivity contribution in [1.29, 1.82) is 0 Å². The fourth-order valence-corrected chi connectivity index (χ4v) is 4.05. The van der Waals surface area contributed by atoms with Gasteiger partial charge in [0.2, 0.25) is 0 Å². The Morgan fingerprint density at radius 3 is 2.70 bits per heavy atom. The van der Waals surface area contributed by atoms with Gasteiger partial charge >= 0.3 is 0 Å². The number of fused-ring (bicyclic) bond motifs is 4. The smallest absolute Gasteiger partial charge is 0.250 e. The number of aromatic nitrogens is 1. The zero-order chi connectivity index (χ0) is 15.8. The molecule has 0 unspecified atom stereocenters. The topological polar surface area (TPSA) is 37.3 Å². The molecule has 1 fully saturated rings. The number of hydrogen-bond donors (Lipinski definition) is 1. The van der Waals surface area contributed by atoms with Gasteiger partial charge in [-0.1, -0.05) is 24.3 Å². The van der Waals surface area contributed by atoms with E-state index >= 15 is 0 Å². The van der Waals surface area contributed by atoms with Crippen molar-refractivity contribution < 1.29 is 0 Å². The molecule has 2 aromatic rings. The summed E-state index contributed by atoms with van der Waals surface area (Å²) in [6.45, 7) is 2.59. The lowest BCUT2D eigenvalue weighted by molar-refractivity contribution is 0.180. The fraction of sp³-hybridized carbons (Fsp3) is 0.333. The van der Waals surface area contributed by atoms with E-state index in [-0.39, 0.29) is 5.56 Å². The lowest BCUT2D eigenvalue weighted by Crippen LogP contribution is -2.50. The van der Waals surface area contributed by atoms with Crippen molar-refractivity contribution in [2.24, 2.45) is 5.92 Å². The molecule has 4 nitrogen and oxygen atoms in total. The van der Waals surface area contributed by atoms with Crippen LogP contribution in [0.4, 0.5) is 5.69 Å². The number of pyridine rings is 1. The SMILES string of the molecule is O=c1cccc2n1C[C@@H]1C[C@@H]2CN(C(=S)Nc2ccccc2)C1. The van der Waals surface area contributed by atoms with Crippen LogP contribution in [-0.2, 0) is 6.54 Å². The third-order valence-electron chi connectivity index (χ3n) is 4.79. The summed E-state index contributed by atoms with van der Waals surface area (Å²) < 4.78 is 1.95. The number of para-hydroxylation sites is 1. The number of thiocarbonyl (C=S) groups is 1. The molecule has 1 saturated heterocycles. The van der Waals surface area contributed by atoms with Crippen LogP contribution in [-0.4, -0.2) is 27.7 Å². The molecule has 0 aliphatic carbocycles. The summed E-state index contributed by atoms with van der Waals surface area (Å²) in [5.41, 5.74) is 2.29. The fourth-order valence-electron chi connectivity index (χ4n) is 3.79. The predicted octanol–water partition coefficient (Wildman–Crippen LogP) is 2.66. The molecule has 1 aromatic heterocycles. The van der Waals surface area contributed by atoms with Crippen molar-refractivity contribution in [2.45, 2.75) is 18.9 Å². The monoisotopic (exact) mass is 325 g/mol. The minimum absolute atomic E-state index is 0.121. The largest absolute Gasteiger partial charge is 0.348 e. The lowest BCUT2D eigenvalue weighted by atomic mass is 9.83. The summed E-state index contributed by atoms with van der Waals surface area (Å²) in [5, 5.41) is 4.10. The molecule has 3 heterocycles. The number of nitrogens with one attached hydrogen (secondary N) is 1. The maximum Gasteiger partial charge on any atom is 0.250 e. The number of anilines is 1. The molecule has 0 saturated carbocycles. The molecule has 5 heteroatoms. The molecule has 23 heavy (non-hydrogen) atoms. The molecule has 2 aliphatic rings. The van der Waals surface area contributed by atoms with E-state index in [1.165, 1.54) is 0 Å². The van der Waals surface area contributed by atoms with Gasteiger partial charge in [0.1, 0.15) is 0 Å². The first-order chi connectivity index (χ1) is 11.2. The van der Waals surface area contributed by atoms with Gasteiger partial charge in [-0.15, -0.1) is 0 Å². The molecule has 0 spiro atoms. The minimum atomic E-state index is 0.121. The Balaban J connectivity index is 1.54. The van der Waals surface area contributed by atoms with Crippen LogP contribution in [0.2, 0.25) is 0 Å². The quantitative estimate of drug-likeness (QED) is 0.818. The summed E-state index contributed by atoms with van der Waals surface area (Å²) in [5.74, 6) is 0.865. The van der Waals surface area contributed by atoms with E-state index < -0.39 is 0 Å². The van der Waals surface area contributed by atoms with E-state index in [0.717, 1.165) is 42.5 Å². The third-order valence-corrected chi connectivity index (χ3v) is 5.15. The lowest BCUT2D eigenvalue weighted by Gasteiger charge is -2.43. The van der Waals surface area contributed by atoms with Gasteiger partial charge in [0, 0.05) is 43.0 Å². The van der Waals surface area contributed by atoms with Crippen molar-refractivity contribution in [2.75, 3.05) is 18.4 Å². The van der Waals surface area contributed by atoms with Crippen LogP contribution in [0.5, 0.6) is 0 Å². The van der Waals surface area contributed by atoms with Crippen LogP contribution in [0, 0.1) is 5.92 Å². The highest BCUT2D eigenvalue weighted by Gasteiger charge is 2.35. The van der Waals surface area contributed by atoms with E-state index in [2.05, 4.69) is 16.3 Å². The van der Waals surface area contributed by atoms with Crippen LogP contribution >= 0.6 is 12.2 Å². The average Bonchev–Trinajstić information content (AvgIpc) is 2.57. The average molecular weight is 325 g/mol. The summed E-state index contributed by atoms with van der Waals surface area (Å²) in [7, 11) is 0. The normalized spacial score (nSPS) is 22.3. The Hall–Kier alpha value is -2.14. The Bertz CT molecular complexity index is 786. The summed E-state index contributed by atoms with van der Waals surface area (Å²) in [6.07, 6.45) is 1.15. The van der Waals surface area contributed by atoms with Gasteiger partial charge in [0.15, 0.2) is 5.11 Å². The Morgan fingerprint density at radius 2 is 1.87 bits per heavy atom. The number of piperidine rings is 1. The molecule has 1 N–H and O–H groups in total. The maximum absolute atomic E-state index is 12.1. The Kier molecular flexibility index (Phi) is 3.65. The minimum Gasteiger partial charge on any atom is -0.348 e. The molecule has 118 valence electrons. The molecule has 2 atom stereocenters. The first-order valence-electron chi connectivity index (χ1n) is 8.01. The Labute approximate surface area is 140 Å². The summed E-state index contributed by atoms with van der Waals surface area (Å²) in [6, 6.07) is 15.6. The standard InChI is InChI=1S/C18H19N3OS/c22-17-8-4-7-16-14-9-13(11-21(16)17)10-20(12-14)18(23)19-15-5-2-1-3-6-15/h1-8,13-14H,9-12H2,(H,19,23)/t13-,14-/m1/s1. The molecule has 2 aliphatic heterocycles. The number of hydrogen-bond acceptors (Lipinski definition) is 2. The van der Waals surface area contributed by atoms with Crippen LogP contribution < -0.4 is 10.9 Å². The highest BCUT2D eigenvalue weighted by Crippen LogP contribution is 2.35. The van der Waals surface area contributed by atoms with Gasteiger partial charge < -0.3 is 14.8 Å². The maximum atomic E-state index is 12.1. The number of rotatable bonds is 1. The van der Waals surface area contributed by atoms with Gasteiger partial charge in [-0.05, 0) is 42.8 Å². The highest BCUT2D eigenvalue weighted by molar-refractivity contribution is 7.80. The van der Waals surface area contributed by atoms with Gasteiger partial charge in [0.25, 0.3) is 5.56 Å². The molecular weight excluding hydrogens is 306 g/mol. The zero-order valence-corrected chi connectivity index (χ0v) is 13.6. The van der Waals surface area contributed by atoms with Crippen LogP contribution in [0.1, 0.15) is 18.0 Å². The summed E-state index contributed by atoms with van der Waals surface area (Å²) in [4.78, 5) is 14.3. The number of likely N-dealkylation sites (tertiary alicyclic amines) is 1. The first kappa shape index (κ1) is 14.5. The van der Waals surface area contributed by atoms with E-state index in [0.29, 0.717) is 11.8 Å². The molecule has 0 amide bonds. The second-order valence-corrected chi connectivity index (χ2v) is 6.79. The van der Waals surface area contributed by atoms with E-state index in [1.54, 1.807) is 6.07 Å². The van der Waals surface area contributed by atoms with Gasteiger partial charge in [-0.2, -0.15) is 0 Å². The van der Waals surface area contributed by atoms with Gasteiger partial charge in [0.05, 0.1) is 0 Å². The van der Waals surface area contributed by atoms with Crippen molar-refractivity contribution in [3.63, 3.8) is 0 Å². The number of nitrogens with zero attached hydrogens (tertiary/aromatic N) is 2. The molecule has 2 bridgehead atoms. The first-order valence-corrected chi connectivity index (χ1v) is 8.42. The molecule has 0 radical (unpaired) electrons. The number of benzene rings is 1. The van der Waals surface area contributed by atoms with E-state index in [9.17, 15) is 4.79 Å². The van der Waals surface area contributed by atoms with Crippen LogP contribution in [0.15, 0.2) is 53.3 Å². The van der Waals surface area contributed by atoms with Crippen molar-refractivity contribution in [1.82, 2.24) is 9.47 Å². The van der Waals surface area contributed by atoms with Gasteiger partial charge in [-0.25, -0.2) is 0 Å². The predicted molar refractivity (Wildman–Crippen MR) is 95.8 cm³/mol. The van der Waals surface area contributed by atoms with Crippen molar-refractivity contribution >= 4 is 23.0 Å². The van der Waals surface area contributed by atoms with Gasteiger partial charge in [-0.3, -0.25) is 4.79 Å². The molecule has 1 aromatic carbocycles. The summed E-state index contributed by atoms with van der Waals surface area (Å²) >= 11 is 5.60. The highest BCUT2D eigenvalue weighted by atomic mass is 32.1. The van der Waals surface area contributed by atoms with E-state index in [4.69, 9.17) is 12.2 Å². The second kappa shape index (κ2) is 5.81. The van der Waals surface area contributed by atoms with E-state index in [1.807, 2.05) is 41.0 Å². The van der Waals surface area contributed by atoms with Crippen molar-refractivity contribution in [3.05, 3.63) is 64.6 Å². The molecular formula is C18H19N3OS. The van der Waals surface area contributed by atoms with Crippen LogP contribution in [0.3, 0.4) is 0 Å². The zero-order valence-electron chi connectivity index (χ0n) is 12.8. The Morgan fingerprint density at radius 1 is 1.04 bits per heavy atom. The molecule has 4 rings (SSSR count). The third kappa shape index (κ3) is 2.77. The second-order valence-electron chi connectivity index (χ2n) is 6.40. The van der Waals surface area contributed by atoms with Crippen LogP contribution in [0.25, 0.3) is 0 Å². The van der Waals surface area contributed by atoms with Crippen molar-refractivity contribution in [3.8, 4) is 0 Å².